The van der Waals surface area contributed by atoms with Gasteiger partial charge in [-0.3, -0.25) is 9.79 Å². The SMILES string of the molecule is CN=C(NCCCN1CCCCCC1)NCCC(=O)N(C)Cc1ccccc1. The first-order valence-electron chi connectivity index (χ1n) is 10.6. The third-order valence-corrected chi connectivity index (χ3v) is 5.19. The third kappa shape index (κ3) is 8.74. The van der Waals surface area contributed by atoms with Gasteiger partial charge in [-0.2, -0.15) is 0 Å². The number of carbonyl (C=O) groups excluding carboxylic acids is 1. The van der Waals surface area contributed by atoms with Gasteiger partial charge in [-0.1, -0.05) is 43.2 Å². The van der Waals surface area contributed by atoms with Crippen molar-refractivity contribution in [2.45, 2.75) is 45.1 Å². The molecule has 2 N–H and O–H groups in total. The Hall–Kier alpha value is -2.08. The minimum Gasteiger partial charge on any atom is -0.356 e. The van der Waals surface area contributed by atoms with E-state index in [4.69, 9.17) is 0 Å². The number of hydrogen-bond acceptors (Lipinski definition) is 3. The number of carbonyl (C=O) groups is 1. The molecule has 1 amide bonds. The lowest BCUT2D eigenvalue weighted by molar-refractivity contribution is -0.130. The summed E-state index contributed by atoms with van der Waals surface area (Å²) in [6, 6.07) is 10.1. The normalized spacial score (nSPS) is 15.7. The van der Waals surface area contributed by atoms with E-state index in [0.29, 0.717) is 19.5 Å². The largest absolute Gasteiger partial charge is 0.356 e. The molecular formula is C22H37N5O. The predicted octanol–water partition coefficient (Wildman–Crippen LogP) is 2.47. The van der Waals surface area contributed by atoms with Crippen LogP contribution in [-0.4, -0.2) is 68.5 Å². The molecule has 0 saturated carbocycles. The average Bonchev–Trinajstić information content (AvgIpc) is 2.99. The van der Waals surface area contributed by atoms with Crippen LogP contribution in [0.4, 0.5) is 0 Å². The second kappa shape index (κ2) is 13.2. The molecule has 28 heavy (non-hydrogen) atoms. The van der Waals surface area contributed by atoms with E-state index in [-0.39, 0.29) is 5.91 Å². The fourth-order valence-electron chi connectivity index (χ4n) is 3.51. The Labute approximate surface area is 170 Å². The van der Waals surface area contributed by atoms with Crippen LogP contribution in [0, 0.1) is 0 Å². The molecular weight excluding hydrogens is 350 g/mol. The predicted molar refractivity (Wildman–Crippen MR) is 116 cm³/mol. The van der Waals surface area contributed by atoms with Crippen molar-refractivity contribution in [1.29, 1.82) is 0 Å². The Morgan fingerprint density at radius 2 is 1.75 bits per heavy atom. The van der Waals surface area contributed by atoms with E-state index in [2.05, 4.69) is 20.5 Å². The molecule has 1 saturated heterocycles. The van der Waals surface area contributed by atoms with Gasteiger partial charge in [0.2, 0.25) is 5.91 Å². The third-order valence-electron chi connectivity index (χ3n) is 5.19. The van der Waals surface area contributed by atoms with Gasteiger partial charge in [-0.25, -0.2) is 0 Å². The second-order valence-electron chi connectivity index (χ2n) is 7.52. The number of nitrogens with zero attached hydrogens (tertiary/aromatic N) is 3. The monoisotopic (exact) mass is 387 g/mol. The van der Waals surface area contributed by atoms with Crippen LogP contribution in [0.1, 0.15) is 44.1 Å². The van der Waals surface area contributed by atoms with E-state index < -0.39 is 0 Å². The number of likely N-dealkylation sites (tertiary alicyclic amines) is 1. The highest BCUT2D eigenvalue weighted by Crippen LogP contribution is 2.09. The molecule has 0 radical (unpaired) electrons. The molecule has 156 valence electrons. The van der Waals surface area contributed by atoms with Crippen molar-refractivity contribution in [2.75, 3.05) is 46.8 Å². The van der Waals surface area contributed by atoms with Crippen molar-refractivity contribution in [2.24, 2.45) is 4.99 Å². The van der Waals surface area contributed by atoms with Gasteiger partial charge in [0.25, 0.3) is 0 Å². The second-order valence-corrected chi connectivity index (χ2v) is 7.52. The maximum atomic E-state index is 12.3. The molecule has 2 rings (SSSR count). The summed E-state index contributed by atoms with van der Waals surface area (Å²) in [6.45, 7) is 5.76. The van der Waals surface area contributed by atoms with Crippen LogP contribution in [-0.2, 0) is 11.3 Å². The van der Waals surface area contributed by atoms with E-state index in [0.717, 1.165) is 31.0 Å². The first-order valence-corrected chi connectivity index (χ1v) is 10.6. The zero-order chi connectivity index (χ0) is 20.0. The Morgan fingerprint density at radius 1 is 1.07 bits per heavy atom. The summed E-state index contributed by atoms with van der Waals surface area (Å²) in [5.41, 5.74) is 1.15. The molecule has 0 spiro atoms. The summed E-state index contributed by atoms with van der Waals surface area (Å²) >= 11 is 0. The number of guanidine groups is 1. The quantitative estimate of drug-likeness (QED) is 0.388. The minimum absolute atomic E-state index is 0.132. The molecule has 0 aromatic heterocycles. The van der Waals surface area contributed by atoms with Crippen LogP contribution in [0.2, 0.25) is 0 Å². The molecule has 1 aliphatic rings. The maximum Gasteiger partial charge on any atom is 0.224 e. The summed E-state index contributed by atoms with van der Waals surface area (Å²) in [7, 11) is 3.62. The standard InChI is InChI=1S/C22H37N5O/c1-23-22(24-14-10-18-27-16-8-3-4-9-17-27)25-15-13-21(28)26(2)19-20-11-6-5-7-12-20/h5-7,11-12H,3-4,8-10,13-19H2,1-2H3,(H2,23,24,25). The number of hydrogen-bond donors (Lipinski definition) is 2. The van der Waals surface area contributed by atoms with E-state index in [1.54, 1.807) is 11.9 Å². The van der Waals surface area contributed by atoms with Crippen LogP contribution in [0.5, 0.6) is 0 Å². The van der Waals surface area contributed by atoms with Crippen LogP contribution in [0.3, 0.4) is 0 Å². The van der Waals surface area contributed by atoms with Crippen molar-refractivity contribution in [3.05, 3.63) is 35.9 Å². The summed E-state index contributed by atoms with van der Waals surface area (Å²) in [5.74, 6) is 0.905. The van der Waals surface area contributed by atoms with Crippen molar-refractivity contribution < 1.29 is 4.79 Å². The number of nitrogens with one attached hydrogen (secondary N) is 2. The lowest BCUT2D eigenvalue weighted by Gasteiger charge is -2.20. The molecule has 0 bridgehead atoms. The highest BCUT2D eigenvalue weighted by atomic mass is 16.2. The van der Waals surface area contributed by atoms with Gasteiger partial charge in [0.15, 0.2) is 5.96 Å². The topological polar surface area (TPSA) is 60.0 Å². The Kier molecular flexibility index (Phi) is 10.4. The first kappa shape index (κ1) is 22.2. The van der Waals surface area contributed by atoms with Crippen molar-refractivity contribution >= 4 is 11.9 Å². The summed E-state index contributed by atoms with van der Waals surface area (Å²) in [6.07, 6.45) is 7.00. The smallest absolute Gasteiger partial charge is 0.224 e. The van der Waals surface area contributed by atoms with Gasteiger partial charge >= 0.3 is 0 Å². The molecule has 1 aliphatic heterocycles. The molecule has 1 aromatic rings. The van der Waals surface area contributed by atoms with Crippen LogP contribution in [0.15, 0.2) is 35.3 Å². The molecule has 1 heterocycles. The lowest BCUT2D eigenvalue weighted by atomic mass is 10.2. The summed E-state index contributed by atoms with van der Waals surface area (Å²) in [5, 5.41) is 6.60. The van der Waals surface area contributed by atoms with E-state index in [9.17, 15) is 4.79 Å². The number of rotatable bonds is 9. The Bertz CT molecular complexity index is 582. The lowest BCUT2D eigenvalue weighted by Crippen LogP contribution is -2.40. The van der Waals surface area contributed by atoms with Gasteiger partial charge < -0.3 is 20.4 Å². The summed E-state index contributed by atoms with van der Waals surface area (Å²) < 4.78 is 0. The Morgan fingerprint density at radius 3 is 2.43 bits per heavy atom. The molecule has 6 heteroatoms. The highest BCUT2D eigenvalue weighted by molar-refractivity contribution is 5.81. The van der Waals surface area contributed by atoms with Gasteiger partial charge in [-0.15, -0.1) is 0 Å². The minimum atomic E-state index is 0.132. The molecule has 1 aromatic carbocycles. The average molecular weight is 388 g/mol. The van der Waals surface area contributed by atoms with Crippen LogP contribution in [0.25, 0.3) is 0 Å². The number of aliphatic imine (C=N–C) groups is 1. The van der Waals surface area contributed by atoms with Crippen molar-refractivity contribution in [3.63, 3.8) is 0 Å². The fourth-order valence-corrected chi connectivity index (χ4v) is 3.51. The molecule has 0 aliphatic carbocycles. The Balaban J connectivity index is 1.57. The number of amides is 1. The van der Waals surface area contributed by atoms with Gasteiger partial charge in [0, 0.05) is 40.2 Å². The molecule has 6 nitrogen and oxygen atoms in total. The van der Waals surface area contributed by atoms with Crippen LogP contribution >= 0.6 is 0 Å². The van der Waals surface area contributed by atoms with E-state index in [1.807, 2.05) is 37.4 Å². The molecule has 0 atom stereocenters. The highest BCUT2D eigenvalue weighted by Gasteiger charge is 2.10. The number of benzene rings is 1. The van der Waals surface area contributed by atoms with E-state index >= 15 is 0 Å². The van der Waals surface area contributed by atoms with Crippen molar-refractivity contribution in [1.82, 2.24) is 20.4 Å². The zero-order valence-corrected chi connectivity index (χ0v) is 17.6. The van der Waals surface area contributed by atoms with E-state index in [1.165, 1.54) is 38.8 Å². The van der Waals surface area contributed by atoms with Gasteiger partial charge in [0.1, 0.15) is 0 Å². The molecule has 0 unspecified atom stereocenters. The summed E-state index contributed by atoms with van der Waals surface area (Å²) in [4.78, 5) is 20.9. The molecule has 1 fully saturated rings. The van der Waals surface area contributed by atoms with Gasteiger partial charge in [0.05, 0.1) is 0 Å². The van der Waals surface area contributed by atoms with Gasteiger partial charge in [-0.05, 0) is 44.5 Å². The van der Waals surface area contributed by atoms with Crippen LogP contribution < -0.4 is 10.6 Å². The zero-order valence-electron chi connectivity index (χ0n) is 17.6. The van der Waals surface area contributed by atoms with Crippen molar-refractivity contribution in [3.8, 4) is 0 Å². The maximum absolute atomic E-state index is 12.3. The first-order chi connectivity index (χ1) is 13.7. The fraction of sp³-hybridized carbons (Fsp3) is 0.636.